The summed E-state index contributed by atoms with van der Waals surface area (Å²) < 4.78 is 10.9. The molecule has 0 aromatic heterocycles. The molecular weight excluding hydrogens is 140 g/mol. The van der Waals surface area contributed by atoms with Crippen LogP contribution in [0.3, 0.4) is 0 Å². The summed E-state index contributed by atoms with van der Waals surface area (Å²) in [7, 11) is 0. The maximum atomic E-state index is 5.52. The summed E-state index contributed by atoms with van der Waals surface area (Å²) in [6.07, 6.45) is 2.98. The Bertz CT molecular complexity index is 134. The Morgan fingerprint density at radius 3 is 2.91 bits per heavy atom. The molecule has 0 amide bonds. The van der Waals surface area contributed by atoms with E-state index in [-0.39, 0.29) is 12.4 Å². The van der Waals surface area contributed by atoms with Gasteiger partial charge in [-0.1, -0.05) is 19.9 Å². The van der Waals surface area contributed by atoms with Crippen LogP contribution < -0.4 is 0 Å². The zero-order valence-electron chi connectivity index (χ0n) is 7.25. The summed E-state index contributed by atoms with van der Waals surface area (Å²) >= 11 is 0. The summed E-state index contributed by atoms with van der Waals surface area (Å²) in [5.41, 5.74) is 0. The molecule has 2 heteroatoms. The van der Waals surface area contributed by atoms with Gasteiger partial charge in [0, 0.05) is 5.92 Å². The molecule has 0 aromatic carbocycles. The van der Waals surface area contributed by atoms with E-state index in [1.54, 1.807) is 6.08 Å². The van der Waals surface area contributed by atoms with Crippen molar-refractivity contribution in [1.82, 2.24) is 0 Å². The molecule has 3 atom stereocenters. The third-order valence-corrected chi connectivity index (χ3v) is 2.11. The van der Waals surface area contributed by atoms with Gasteiger partial charge in [0.1, 0.15) is 6.10 Å². The quantitative estimate of drug-likeness (QED) is 0.581. The fraction of sp³-hybridized carbons (Fsp3) is 0.778. The average molecular weight is 156 g/mol. The lowest BCUT2D eigenvalue weighted by molar-refractivity contribution is -0.0868. The van der Waals surface area contributed by atoms with E-state index in [1.165, 1.54) is 0 Å². The summed E-state index contributed by atoms with van der Waals surface area (Å²) in [4.78, 5) is 0. The van der Waals surface area contributed by atoms with Crippen LogP contribution in [0.5, 0.6) is 0 Å². The van der Waals surface area contributed by atoms with Crippen molar-refractivity contribution in [3.63, 3.8) is 0 Å². The molecule has 11 heavy (non-hydrogen) atoms. The second-order valence-electron chi connectivity index (χ2n) is 3.00. The molecule has 0 radical (unpaired) electrons. The van der Waals surface area contributed by atoms with E-state index in [4.69, 9.17) is 9.47 Å². The van der Waals surface area contributed by atoms with Crippen LogP contribution in [0.4, 0.5) is 0 Å². The lowest BCUT2D eigenvalue weighted by Gasteiger charge is -2.15. The van der Waals surface area contributed by atoms with Gasteiger partial charge in [-0.25, -0.2) is 0 Å². The summed E-state index contributed by atoms with van der Waals surface area (Å²) in [5, 5.41) is 0. The Balaban J connectivity index is 2.34. The van der Waals surface area contributed by atoms with Crippen molar-refractivity contribution in [3.8, 4) is 0 Å². The predicted molar refractivity (Wildman–Crippen MR) is 44.3 cm³/mol. The first kappa shape index (κ1) is 8.75. The Hall–Kier alpha value is -0.340. The van der Waals surface area contributed by atoms with Gasteiger partial charge >= 0.3 is 0 Å². The van der Waals surface area contributed by atoms with E-state index in [9.17, 15) is 0 Å². The van der Waals surface area contributed by atoms with Gasteiger partial charge < -0.3 is 9.47 Å². The van der Waals surface area contributed by atoms with Crippen molar-refractivity contribution in [1.29, 1.82) is 0 Å². The standard InChI is InChI=1S/C9H16O2/c1-4-7(3)9-10-6-8(5-2)11-9/h5,7-9H,2,4,6H2,1,3H3. The van der Waals surface area contributed by atoms with Crippen molar-refractivity contribution in [2.75, 3.05) is 6.61 Å². The maximum absolute atomic E-state index is 5.52. The zero-order chi connectivity index (χ0) is 8.27. The first-order chi connectivity index (χ1) is 5.27. The van der Waals surface area contributed by atoms with Crippen molar-refractivity contribution < 1.29 is 9.47 Å². The van der Waals surface area contributed by atoms with Crippen molar-refractivity contribution >= 4 is 0 Å². The molecule has 1 aliphatic rings. The lowest BCUT2D eigenvalue weighted by atomic mass is 10.1. The molecule has 1 heterocycles. The highest BCUT2D eigenvalue weighted by Gasteiger charge is 2.27. The van der Waals surface area contributed by atoms with Gasteiger partial charge in [-0.3, -0.25) is 0 Å². The molecule has 0 N–H and O–H groups in total. The molecule has 0 aliphatic carbocycles. The van der Waals surface area contributed by atoms with Gasteiger partial charge in [-0.2, -0.15) is 0 Å². The monoisotopic (exact) mass is 156 g/mol. The smallest absolute Gasteiger partial charge is 0.161 e. The molecule has 1 aliphatic heterocycles. The maximum Gasteiger partial charge on any atom is 0.161 e. The highest BCUT2D eigenvalue weighted by Crippen LogP contribution is 2.21. The SMILES string of the molecule is C=CC1COC(C(C)CC)O1. The van der Waals surface area contributed by atoms with Gasteiger partial charge in [0.2, 0.25) is 0 Å². The van der Waals surface area contributed by atoms with E-state index < -0.39 is 0 Å². The van der Waals surface area contributed by atoms with Gasteiger partial charge in [-0.05, 0) is 6.42 Å². The molecule has 1 rings (SSSR count). The van der Waals surface area contributed by atoms with E-state index in [1.807, 2.05) is 0 Å². The van der Waals surface area contributed by atoms with Crippen molar-refractivity contribution in [3.05, 3.63) is 12.7 Å². The van der Waals surface area contributed by atoms with E-state index in [2.05, 4.69) is 20.4 Å². The van der Waals surface area contributed by atoms with Gasteiger partial charge in [0.25, 0.3) is 0 Å². The van der Waals surface area contributed by atoms with Crippen LogP contribution in [0.1, 0.15) is 20.3 Å². The normalized spacial score (nSPS) is 33.6. The molecular formula is C9H16O2. The highest BCUT2D eigenvalue weighted by molar-refractivity contribution is 4.83. The summed E-state index contributed by atoms with van der Waals surface area (Å²) in [5.74, 6) is 0.486. The minimum Gasteiger partial charge on any atom is -0.349 e. The molecule has 0 aromatic rings. The minimum atomic E-state index is -0.0111. The van der Waals surface area contributed by atoms with Crippen LogP contribution in [0, 0.1) is 5.92 Å². The predicted octanol–water partition coefficient (Wildman–Crippen LogP) is 1.96. The average Bonchev–Trinajstić information content (AvgIpc) is 2.50. The van der Waals surface area contributed by atoms with Gasteiger partial charge in [-0.15, -0.1) is 6.58 Å². The molecule has 1 saturated heterocycles. The second-order valence-corrected chi connectivity index (χ2v) is 3.00. The third kappa shape index (κ3) is 2.04. The Morgan fingerprint density at radius 1 is 1.73 bits per heavy atom. The summed E-state index contributed by atoms with van der Waals surface area (Å²) in [6, 6.07) is 0. The topological polar surface area (TPSA) is 18.5 Å². The molecule has 2 nitrogen and oxygen atoms in total. The summed E-state index contributed by atoms with van der Waals surface area (Å²) in [6.45, 7) is 8.60. The van der Waals surface area contributed by atoms with Crippen molar-refractivity contribution in [2.45, 2.75) is 32.7 Å². The number of hydrogen-bond acceptors (Lipinski definition) is 2. The molecule has 64 valence electrons. The lowest BCUT2D eigenvalue weighted by Crippen LogP contribution is -2.18. The van der Waals surface area contributed by atoms with Gasteiger partial charge in [0.05, 0.1) is 6.61 Å². The first-order valence-electron chi connectivity index (χ1n) is 4.17. The third-order valence-electron chi connectivity index (χ3n) is 2.11. The van der Waals surface area contributed by atoms with Crippen LogP contribution in [0.2, 0.25) is 0 Å². The van der Waals surface area contributed by atoms with Crippen LogP contribution in [-0.2, 0) is 9.47 Å². The zero-order valence-corrected chi connectivity index (χ0v) is 7.25. The van der Waals surface area contributed by atoms with E-state index in [0.29, 0.717) is 12.5 Å². The number of hydrogen-bond donors (Lipinski definition) is 0. The fourth-order valence-corrected chi connectivity index (χ4v) is 1.05. The van der Waals surface area contributed by atoms with Crippen LogP contribution in [0.15, 0.2) is 12.7 Å². The van der Waals surface area contributed by atoms with Crippen LogP contribution >= 0.6 is 0 Å². The Morgan fingerprint density at radius 2 is 2.45 bits per heavy atom. The Kier molecular flexibility index (Phi) is 3.09. The number of rotatable bonds is 3. The number of ether oxygens (including phenoxy) is 2. The molecule has 0 saturated carbocycles. The largest absolute Gasteiger partial charge is 0.349 e. The first-order valence-corrected chi connectivity index (χ1v) is 4.17. The van der Waals surface area contributed by atoms with Crippen LogP contribution in [0.25, 0.3) is 0 Å². The highest BCUT2D eigenvalue weighted by atomic mass is 16.7. The minimum absolute atomic E-state index is 0.0111. The van der Waals surface area contributed by atoms with Crippen LogP contribution in [-0.4, -0.2) is 19.0 Å². The second kappa shape index (κ2) is 3.88. The van der Waals surface area contributed by atoms with Gasteiger partial charge in [0.15, 0.2) is 6.29 Å². The van der Waals surface area contributed by atoms with Crippen molar-refractivity contribution in [2.24, 2.45) is 5.92 Å². The van der Waals surface area contributed by atoms with E-state index >= 15 is 0 Å². The molecule has 0 spiro atoms. The molecule has 3 unspecified atom stereocenters. The Labute approximate surface area is 68.2 Å². The van der Waals surface area contributed by atoms with E-state index in [0.717, 1.165) is 6.42 Å². The molecule has 0 bridgehead atoms. The fourth-order valence-electron chi connectivity index (χ4n) is 1.05. The molecule has 1 fully saturated rings.